The first kappa shape index (κ1) is 15.2. The van der Waals surface area contributed by atoms with Gasteiger partial charge in [-0.05, 0) is 27.2 Å². The standard InChI is InChI=1S/C12H24N2O4/c1-12(2,3)14-11(17)13-8-5-7(6-18-4)9(15)10(8)16/h7-10,15-16H,5-6H2,1-4H3,(H2,13,14,17). The largest absolute Gasteiger partial charge is 0.390 e. The van der Waals surface area contributed by atoms with Crippen molar-refractivity contribution in [3.63, 3.8) is 0 Å². The number of methoxy groups -OCH3 is 1. The molecule has 106 valence electrons. The fourth-order valence-electron chi connectivity index (χ4n) is 2.19. The summed E-state index contributed by atoms with van der Waals surface area (Å²) >= 11 is 0. The number of hydrogen-bond donors (Lipinski definition) is 4. The Balaban J connectivity index is 2.50. The Bertz CT molecular complexity index is 290. The number of aliphatic hydroxyl groups excluding tert-OH is 2. The van der Waals surface area contributed by atoms with Crippen molar-refractivity contribution in [3.05, 3.63) is 0 Å². The van der Waals surface area contributed by atoms with Crippen molar-refractivity contribution in [2.24, 2.45) is 5.92 Å². The van der Waals surface area contributed by atoms with E-state index in [2.05, 4.69) is 10.6 Å². The normalized spacial score (nSPS) is 32.3. The van der Waals surface area contributed by atoms with Gasteiger partial charge in [0.05, 0.1) is 18.8 Å². The van der Waals surface area contributed by atoms with E-state index < -0.39 is 18.2 Å². The second-order valence-electron chi connectivity index (χ2n) is 5.89. The second-order valence-corrected chi connectivity index (χ2v) is 5.89. The molecule has 6 heteroatoms. The molecule has 0 radical (unpaired) electrons. The summed E-state index contributed by atoms with van der Waals surface area (Å²) in [7, 11) is 1.55. The average molecular weight is 260 g/mol. The monoisotopic (exact) mass is 260 g/mol. The summed E-state index contributed by atoms with van der Waals surface area (Å²) in [5, 5.41) is 25.1. The summed E-state index contributed by atoms with van der Waals surface area (Å²) in [6.07, 6.45) is -1.30. The molecule has 1 aliphatic carbocycles. The van der Waals surface area contributed by atoms with Crippen molar-refractivity contribution >= 4 is 6.03 Å². The number of amides is 2. The van der Waals surface area contributed by atoms with Gasteiger partial charge >= 0.3 is 6.03 Å². The van der Waals surface area contributed by atoms with E-state index in [4.69, 9.17) is 4.74 Å². The van der Waals surface area contributed by atoms with Crippen LogP contribution in [-0.2, 0) is 4.74 Å². The van der Waals surface area contributed by atoms with E-state index in [1.165, 1.54) is 0 Å². The molecule has 0 saturated heterocycles. The maximum absolute atomic E-state index is 11.7. The summed E-state index contributed by atoms with van der Waals surface area (Å²) < 4.78 is 4.98. The van der Waals surface area contributed by atoms with Crippen LogP contribution in [-0.4, -0.2) is 53.7 Å². The highest BCUT2D eigenvalue weighted by atomic mass is 16.5. The molecule has 18 heavy (non-hydrogen) atoms. The lowest BCUT2D eigenvalue weighted by atomic mass is 10.1. The molecule has 6 nitrogen and oxygen atoms in total. The zero-order valence-electron chi connectivity index (χ0n) is 11.4. The quantitative estimate of drug-likeness (QED) is 0.567. The molecule has 0 aromatic carbocycles. The van der Waals surface area contributed by atoms with Gasteiger partial charge in [0, 0.05) is 18.6 Å². The zero-order valence-corrected chi connectivity index (χ0v) is 11.4. The number of ether oxygens (including phenoxy) is 1. The van der Waals surface area contributed by atoms with Crippen molar-refractivity contribution in [1.29, 1.82) is 0 Å². The maximum Gasteiger partial charge on any atom is 0.315 e. The summed E-state index contributed by atoms with van der Waals surface area (Å²) in [4.78, 5) is 11.7. The molecule has 1 fully saturated rings. The van der Waals surface area contributed by atoms with Gasteiger partial charge < -0.3 is 25.6 Å². The van der Waals surface area contributed by atoms with Gasteiger partial charge in [0.1, 0.15) is 6.10 Å². The van der Waals surface area contributed by atoms with Crippen LogP contribution in [0.3, 0.4) is 0 Å². The molecule has 1 saturated carbocycles. The first-order chi connectivity index (χ1) is 8.24. The lowest BCUT2D eigenvalue weighted by Crippen LogP contribution is -2.52. The lowest BCUT2D eigenvalue weighted by Gasteiger charge is -2.24. The lowest BCUT2D eigenvalue weighted by molar-refractivity contribution is -0.00503. The average Bonchev–Trinajstić information content (AvgIpc) is 2.45. The van der Waals surface area contributed by atoms with Crippen molar-refractivity contribution in [2.45, 2.75) is 51.0 Å². The summed E-state index contributed by atoms with van der Waals surface area (Å²) in [6, 6.07) is -0.778. The molecule has 4 N–H and O–H groups in total. The van der Waals surface area contributed by atoms with Gasteiger partial charge in [-0.3, -0.25) is 0 Å². The van der Waals surface area contributed by atoms with Gasteiger partial charge in [-0.15, -0.1) is 0 Å². The first-order valence-corrected chi connectivity index (χ1v) is 6.18. The van der Waals surface area contributed by atoms with Crippen LogP contribution >= 0.6 is 0 Å². The highest BCUT2D eigenvalue weighted by Crippen LogP contribution is 2.27. The predicted molar refractivity (Wildman–Crippen MR) is 67.2 cm³/mol. The third-order valence-electron chi connectivity index (χ3n) is 2.99. The van der Waals surface area contributed by atoms with Crippen LogP contribution in [0, 0.1) is 5.92 Å². The van der Waals surface area contributed by atoms with E-state index in [0.29, 0.717) is 13.0 Å². The van der Waals surface area contributed by atoms with Crippen LogP contribution in [0.15, 0.2) is 0 Å². The summed E-state index contributed by atoms with van der Waals surface area (Å²) in [5.41, 5.74) is -0.335. The van der Waals surface area contributed by atoms with E-state index >= 15 is 0 Å². The number of rotatable bonds is 3. The molecule has 0 bridgehead atoms. The molecule has 4 atom stereocenters. The molecule has 4 unspecified atom stereocenters. The molecule has 2 amide bonds. The van der Waals surface area contributed by atoms with Crippen molar-refractivity contribution in [3.8, 4) is 0 Å². The Morgan fingerprint density at radius 2 is 1.94 bits per heavy atom. The summed E-state index contributed by atoms with van der Waals surface area (Å²) in [6.45, 7) is 6.00. The highest BCUT2D eigenvalue weighted by Gasteiger charge is 2.42. The van der Waals surface area contributed by atoms with Gasteiger partial charge in [-0.2, -0.15) is 0 Å². The van der Waals surface area contributed by atoms with Crippen LogP contribution < -0.4 is 10.6 Å². The number of aliphatic hydroxyl groups is 2. The molecule has 0 aliphatic heterocycles. The molecular formula is C12H24N2O4. The Labute approximate surface area is 108 Å². The number of nitrogens with one attached hydrogen (secondary N) is 2. The second kappa shape index (κ2) is 5.86. The number of hydrogen-bond acceptors (Lipinski definition) is 4. The van der Waals surface area contributed by atoms with E-state index in [-0.39, 0.29) is 17.5 Å². The Morgan fingerprint density at radius 3 is 2.44 bits per heavy atom. The minimum atomic E-state index is -0.948. The first-order valence-electron chi connectivity index (χ1n) is 6.18. The van der Waals surface area contributed by atoms with E-state index in [1.807, 2.05) is 20.8 Å². The number of carbonyl (C=O) groups is 1. The highest BCUT2D eigenvalue weighted by molar-refractivity contribution is 5.75. The number of urea groups is 1. The molecular weight excluding hydrogens is 236 g/mol. The van der Waals surface area contributed by atoms with Gasteiger partial charge in [0.25, 0.3) is 0 Å². The van der Waals surface area contributed by atoms with Gasteiger partial charge in [-0.25, -0.2) is 4.79 Å². The zero-order chi connectivity index (χ0) is 13.9. The van der Waals surface area contributed by atoms with Crippen LogP contribution in [0.25, 0.3) is 0 Å². The summed E-state index contributed by atoms with van der Waals surface area (Å²) in [5.74, 6) is -0.148. The van der Waals surface area contributed by atoms with Gasteiger partial charge in [0.2, 0.25) is 0 Å². The third kappa shape index (κ3) is 4.12. The molecule has 0 aromatic rings. The van der Waals surface area contributed by atoms with E-state index in [0.717, 1.165) is 0 Å². The van der Waals surface area contributed by atoms with E-state index in [9.17, 15) is 15.0 Å². The fourth-order valence-corrected chi connectivity index (χ4v) is 2.19. The van der Waals surface area contributed by atoms with Gasteiger partial charge in [0.15, 0.2) is 0 Å². The Hall–Kier alpha value is -0.850. The van der Waals surface area contributed by atoms with Crippen molar-refractivity contribution < 1.29 is 19.7 Å². The van der Waals surface area contributed by atoms with Crippen molar-refractivity contribution in [2.75, 3.05) is 13.7 Å². The Morgan fingerprint density at radius 1 is 1.33 bits per heavy atom. The third-order valence-corrected chi connectivity index (χ3v) is 2.99. The molecule has 0 aromatic heterocycles. The van der Waals surface area contributed by atoms with Crippen LogP contribution in [0.4, 0.5) is 4.79 Å². The molecule has 1 aliphatic rings. The van der Waals surface area contributed by atoms with E-state index in [1.54, 1.807) is 7.11 Å². The molecule has 1 rings (SSSR count). The van der Waals surface area contributed by atoms with Crippen molar-refractivity contribution in [1.82, 2.24) is 10.6 Å². The Kier molecular flexibility index (Phi) is 4.95. The van der Waals surface area contributed by atoms with Crippen LogP contribution in [0.1, 0.15) is 27.2 Å². The maximum atomic E-state index is 11.7. The van der Waals surface area contributed by atoms with Crippen LogP contribution in [0.5, 0.6) is 0 Å². The van der Waals surface area contributed by atoms with Gasteiger partial charge in [-0.1, -0.05) is 0 Å². The topological polar surface area (TPSA) is 90.8 Å². The number of carbonyl (C=O) groups excluding carboxylic acids is 1. The minimum Gasteiger partial charge on any atom is -0.390 e. The van der Waals surface area contributed by atoms with Crippen LogP contribution in [0.2, 0.25) is 0 Å². The minimum absolute atomic E-state index is 0.148. The predicted octanol–water partition coefficient (Wildman–Crippen LogP) is -0.159. The molecule has 0 heterocycles. The smallest absolute Gasteiger partial charge is 0.315 e. The molecule has 0 spiro atoms. The SMILES string of the molecule is COCC1CC(NC(=O)NC(C)(C)C)C(O)C1O. The fraction of sp³-hybridized carbons (Fsp3) is 0.917.